The normalized spacial score (nSPS) is 18.3. The van der Waals surface area contributed by atoms with Gasteiger partial charge in [-0.3, -0.25) is 14.9 Å². The summed E-state index contributed by atoms with van der Waals surface area (Å²) in [5.41, 5.74) is 0.279. The molecule has 1 saturated heterocycles. The molecule has 20 heavy (non-hydrogen) atoms. The molecule has 108 valence electrons. The third-order valence-electron chi connectivity index (χ3n) is 3.42. The van der Waals surface area contributed by atoms with E-state index in [9.17, 15) is 14.9 Å². The van der Waals surface area contributed by atoms with Gasteiger partial charge in [0.05, 0.1) is 4.92 Å². The average molecular weight is 342 g/mol. The summed E-state index contributed by atoms with van der Waals surface area (Å²) in [6.07, 6.45) is 1.93. The summed E-state index contributed by atoms with van der Waals surface area (Å²) in [4.78, 5) is 24.7. The fourth-order valence-corrected chi connectivity index (χ4v) is 3.00. The highest BCUT2D eigenvalue weighted by atomic mass is 79.9. The summed E-state index contributed by atoms with van der Waals surface area (Å²) in [7, 11) is 1.85. The van der Waals surface area contributed by atoms with Crippen LogP contribution in [0.3, 0.4) is 0 Å². The zero-order valence-electron chi connectivity index (χ0n) is 11.1. The van der Waals surface area contributed by atoms with Gasteiger partial charge in [0.25, 0.3) is 11.6 Å². The Bertz CT molecular complexity index is 536. The molecule has 0 aromatic heterocycles. The van der Waals surface area contributed by atoms with Crippen molar-refractivity contribution in [3.05, 3.63) is 38.3 Å². The fraction of sp³-hybridized carbons (Fsp3) is 0.462. The van der Waals surface area contributed by atoms with E-state index < -0.39 is 4.92 Å². The summed E-state index contributed by atoms with van der Waals surface area (Å²) in [5, 5.41) is 13.9. The van der Waals surface area contributed by atoms with Crippen LogP contribution in [0.2, 0.25) is 0 Å². The van der Waals surface area contributed by atoms with Crippen molar-refractivity contribution in [1.82, 2.24) is 10.2 Å². The number of likely N-dealkylation sites (tertiary alicyclic amines) is 1. The third-order valence-corrected chi connectivity index (χ3v) is 3.88. The number of nitrogens with zero attached hydrogens (tertiary/aromatic N) is 2. The molecular formula is C13H16BrN3O3. The van der Waals surface area contributed by atoms with Crippen LogP contribution in [0.15, 0.2) is 22.7 Å². The first kappa shape index (κ1) is 14.9. The summed E-state index contributed by atoms with van der Waals surface area (Å²) >= 11 is 3.22. The van der Waals surface area contributed by atoms with Gasteiger partial charge in [-0.15, -0.1) is 0 Å². The first-order valence-corrected chi connectivity index (χ1v) is 7.22. The van der Waals surface area contributed by atoms with Crippen molar-refractivity contribution >= 4 is 27.5 Å². The highest BCUT2D eigenvalue weighted by molar-refractivity contribution is 9.10. The second-order valence-corrected chi connectivity index (χ2v) is 5.72. The molecule has 1 atom stereocenters. The van der Waals surface area contributed by atoms with Crippen LogP contribution in [-0.2, 0) is 0 Å². The number of nitro benzene ring substituents is 1. The first-order chi connectivity index (χ1) is 9.52. The van der Waals surface area contributed by atoms with Crippen molar-refractivity contribution in [2.24, 2.45) is 0 Å². The Labute approximate surface area is 125 Å². The lowest BCUT2D eigenvalue weighted by molar-refractivity contribution is -0.385. The van der Waals surface area contributed by atoms with Gasteiger partial charge in [0.15, 0.2) is 0 Å². The summed E-state index contributed by atoms with van der Waals surface area (Å²) in [6.45, 7) is 1.44. The summed E-state index contributed by atoms with van der Waals surface area (Å²) < 4.78 is 0.541. The van der Waals surface area contributed by atoms with Crippen LogP contribution in [-0.4, -0.2) is 41.9 Å². The van der Waals surface area contributed by atoms with Crippen LogP contribution in [0.25, 0.3) is 0 Å². The lowest BCUT2D eigenvalue weighted by atomic mass is 10.1. The summed E-state index contributed by atoms with van der Waals surface area (Å²) in [6, 6.07) is 4.52. The lowest BCUT2D eigenvalue weighted by Gasteiger charge is -2.24. The standard InChI is InChI=1S/C13H16BrN3O3/c1-15-8-11-3-2-4-16(11)13(18)9-5-10(14)7-12(6-9)17(19)20/h5-7,11,15H,2-4,8H2,1H3. The molecule has 0 spiro atoms. The Morgan fingerprint density at radius 1 is 1.55 bits per heavy atom. The second-order valence-electron chi connectivity index (χ2n) is 4.81. The second kappa shape index (κ2) is 6.32. The number of benzene rings is 1. The molecule has 7 heteroatoms. The van der Waals surface area contributed by atoms with Gasteiger partial charge in [-0.05, 0) is 26.0 Å². The van der Waals surface area contributed by atoms with E-state index in [1.165, 1.54) is 12.1 Å². The quantitative estimate of drug-likeness (QED) is 0.672. The van der Waals surface area contributed by atoms with Crippen molar-refractivity contribution < 1.29 is 9.72 Å². The highest BCUT2D eigenvalue weighted by Crippen LogP contribution is 2.25. The largest absolute Gasteiger partial charge is 0.334 e. The molecule has 1 amide bonds. The molecule has 6 nitrogen and oxygen atoms in total. The van der Waals surface area contributed by atoms with Crippen molar-refractivity contribution in [3.8, 4) is 0 Å². The van der Waals surface area contributed by atoms with Gasteiger partial charge in [0.1, 0.15) is 0 Å². The number of nitrogens with one attached hydrogen (secondary N) is 1. The molecule has 1 unspecified atom stereocenters. The van der Waals surface area contributed by atoms with E-state index in [-0.39, 0.29) is 17.6 Å². The number of carbonyl (C=O) groups excluding carboxylic acids is 1. The molecule has 1 N–H and O–H groups in total. The molecule has 1 heterocycles. The number of rotatable bonds is 4. The number of non-ortho nitro benzene ring substituents is 1. The van der Waals surface area contributed by atoms with Crippen LogP contribution in [0, 0.1) is 10.1 Å². The molecule has 1 fully saturated rings. The Kier molecular flexibility index (Phi) is 4.72. The van der Waals surface area contributed by atoms with E-state index in [2.05, 4.69) is 21.2 Å². The van der Waals surface area contributed by atoms with Gasteiger partial charge >= 0.3 is 0 Å². The summed E-state index contributed by atoms with van der Waals surface area (Å²) in [5.74, 6) is -0.146. The maximum absolute atomic E-state index is 12.5. The Hall–Kier alpha value is -1.47. The van der Waals surface area contributed by atoms with Crippen molar-refractivity contribution in [3.63, 3.8) is 0 Å². The zero-order chi connectivity index (χ0) is 14.7. The third kappa shape index (κ3) is 3.16. The van der Waals surface area contributed by atoms with Gasteiger partial charge in [-0.25, -0.2) is 0 Å². The van der Waals surface area contributed by atoms with Crippen LogP contribution >= 0.6 is 15.9 Å². The Balaban J connectivity index is 2.26. The predicted octanol–water partition coefficient (Wildman–Crippen LogP) is 2.18. The smallest absolute Gasteiger partial charge is 0.271 e. The molecule has 0 bridgehead atoms. The minimum absolute atomic E-state index is 0.0768. The number of hydrogen-bond donors (Lipinski definition) is 1. The van der Waals surface area contributed by atoms with E-state index in [4.69, 9.17) is 0 Å². The van der Waals surface area contributed by atoms with E-state index in [1.807, 2.05) is 7.05 Å². The van der Waals surface area contributed by atoms with Gasteiger partial charge in [-0.2, -0.15) is 0 Å². The Morgan fingerprint density at radius 3 is 2.95 bits per heavy atom. The molecule has 1 aromatic carbocycles. The topological polar surface area (TPSA) is 75.5 Å². The van der Waals surface area contributed by atoms with Crippen molar-refractivity contribution in [2.45, 2.75) is 18.9 Å². The van der Waals surface area contributed by atoms with Crippen LogP contribution in [0.1, 0.15) is 23.2 Å². The van der Waals surface area contributed by atoms with Gasteiger partial charge in [0.2, 0.25) is 0 Å². The first-order valence-electron chi connectivity index (χ1n) is 6.43. The SMILES string of the molecule is CNCC1CCCN1C(=O)c1cc(Br)cc([N+](=O)[O-])c1. The van der Waals surface area contributed by atoms with E-state index in [1.54, 1.807) is 11.0 Å². The zero-order valence-corrected chi connectivity index (χ0v) is 12.7. The minimum atomic E-state index is -0.489. The molecule has 1 aliphatic heterocycles. The van der Waals surface area contributed by atoms with E-state index in [0.717, 1.165) is 19.4 Å². The number of nitro groups is 1. The maximum Gasteiger partial charge on any atom is 0.271 e. The monoisotopic (exact) mass is 341 g/mol. The number of likely N-dealkylation sites (N-methyl/N-ethyl adjacent to an activating group) is 1. The van der Waals surface area contributed by atoms with Gasteiger partial charge < -0.3 is 10.2 Å². The predicted molar refractivity (Wildman–Crippen MR) is 78.8 cm³/mol. The average Bonchev–Trinajstić information content (AvgIpc) is 2.85. The molecule has 2 rings (SSSR count). The van der Waals surface area contributed by atoms with Gasteiger partial charge in [-0.1, -0.05) is 15.9 Å². The highest BCUT2D eigenvalue weighted by Gasteiger charge is 2.29. The van der Waals surface area contributed by atoms with Crippen molar-refractivity contribution in [2.75, 3.05) is 20.1 Å². The number of carbonyl (C=O) groups is 1. The number of amides is 1. The number of halogens is 1. The Morgan fingerprint density at radius 2 is 2.30 bits per heavy atom. The fourth-order valence-electron chi connectivity index (χ4n) is 2.52. The number of hydrogen-bond acceptors (Lipinski definition) is 4. The molecular weight excluding hydrogens is 326 g/mol. The molecule has 0 radical (unpaired) electrons. The van der Waals surface area contributed by atoms with Crippen LogP contribution in [0.5, 0.6) is 0 Å². The molecule has 0 saturated carbocycles. The molecule has 0 aliphatic carbocycles. The van der Waals surface area contributed by atoms with E-state index in [0.29, 0.717) is 16.6 Å². The van der Waals surface area contributed by atoms with E-state index >= 15 is 0 Å². The molecule has 1 aliphatic rings. The van der Waals surface area contributed by atoms with Crippen LogP contribution in [0.4, 0.5) is 5.69 Å². The molecule has 1 aromatic rings. The lowest BCUT2D eigenvalue weighted by Crippen LogP contribution is -2.40. The van der Waals surface area contributed by atoms with Crippen molar-refractivity contribution in [1.29, 1.82) is 0 Å². The minimum Gasteiger partial charge on any atom is -0.334 e. The van der Waals surface area contributed by atoms with Crippen LogP contribution < -0.4 is 5.32 Å². The maximum atomic E-state index is 12.5. The van der Waals surface area contributed by atoms with Gasteiger partial charge in [0, 0.05) is 41.3 Å².